The maximum absolute atomic E-state index is 12.7. The summed E-state index contributed by atoms with van der Waals surface area (Å²) in [5, 5.41) is 0. The monoisotopic (exact) mass is 304 g/mol. The van der Waals surface area contributed by atoms with Gasteiger partial charge in [-0.3, -0.25) is 4.79 Å². The fraction of sp³-hybridized carbons (Fsp3) is 0.611. The second-order valence-electron chi connectivity index (χ2n) is 6.52. The molecule has 22 heavy (non-hydrogen) atoms. The summed E-state index contributed by atoms with van der Waals surface area (Å²) in [6, 6.07) is 5.96. The smallest absolute Gasteiger partial charge is 0.270 e. The molecule has 1 atom stereocenters. The zero-order valence-corrected chi connectivity index (χ0v) is 14.2. The standard InChI is InChI=1S/C18H28N2O2/c1-5-7-8-11-20-15-12-13(14(19)6-2)9-10-16(15)22-18(3,4)17(20)21/h9-10,12,14H,5-8,11,19H2,1-4H3. The lowest BCUT2D eigenvalue weighted by Gasteiger charge is -2.39. The molecule has 0 aliphatic carbocycles. The van der Waals surface area contributed by atoms with E-state index in [0.29, 0.717) is 0 Å². The highest BCUT2D eigenvalue weighted by Gasteiger charge is 2.40. The average Bonchev–Trinajstić information content (AvgIpc) is 2.49. The SMILES string of the molecule is CCCCCN1C(=O)C(C)(C)Oc2ccc(C(N)CC)cc21. The van der Waals surface area contributed by atoms with E-state index in [1.807, 2.05) is 36.9 Å². The molecule has 0 saturated heterocycles. The molecule has 0 saturated carbocycles. The Hall–Kier alpha value is -1.55. The van der Waals surface area contributed by atoms with E-state index >= 15 is 0 Å². The highest BCUT2D eigenvalue weighted by Crippen LogP contribution is 2.39. The summed E-state index contributed by atoms with van der Waals surface area (Å²) in [5.41, 5.74) is 7.24. The quantitative estimate of drug-likeness (QED) is 0.813. The van der Waals surface area contributed by atoms with Crippen molar-refractivity contribution in [2.45, 2.75) is 65.0 Å². The second-order valence-corrected chi connectivity index (χ2v) is 6.52. The number of rotatable bonds is 6. The molecule has 1 heterocycles. The molecule has 2 rings (SSSR count). The minimum absolute atomic E-state index is 0.00664. The van der Waals surface area contributed by atoms with E-state index in [1.165, 1.54) is 0 Å². The number of hydrogen-bond acceptors (Lipinski definition) is 3. The molecule has 1 aromatic carbocycles. The van der Waals surface area contributed by atoms with Gasteiger partial charge in [0.2, 0.25) is 0 Å². The van der Waals surface area contributed by atoms with Crippen molar-refractivity contribution in [2.75, 3.05) is 11.4 Å². The normalized spacial score (nSPS) is 17.9. The summed E-state index contributed by atoms with van der Waals surface area (Å²) >= 11 is 0. The molecule has 1 aliphatic rings. The number of fused-ring (bicyclic) bond motifs is 1. The lowest BCUT2D eigenvalue weighted by Crippen LogP contribution is -2.52. The summed E-state index contributed by atoms with van der Waals surface area (Å²) in [7, 11) is 0. The number of hydrogen-bond donors (Lipinski definition) is 1. The Labute approximate surface area is 133 Å². The number of benzene rings is 1. The maximum atomic E-state index is 12.7. The number of carbonyl (C=O) groups excluding carboxylic acids is 1. The van der Waals surface area contributed by atoms with Gasteiger partial charge in [-0.05, 0) is 44.4 Å². The molecule has 0 radical (unpaired) electrons. The van der Waals surface area contributed by atoms with Crippen LogP contribution >= 0.6 is 0 Å². The number of nitrogens with two attached hydrogens (primary N) is 1. The number of amides is 1. The van der Waals surface area contributed by atoms with Crippen LogP contribution in [0.2, 0.25) is 0 Å². The van der Waals surface area contributed by atoms with Crippen LogP contribution in [0.3, 0.4) is 0 Å². The summed E-state index contributed by atoms with van der Waals surface area (Å²) in [6.45, 7) is 8.62. The van der Waals surface area contributed by atoms with Gasteiger partial charge in [0.1, 0.15) is 5.75 Å². The minimum Gasteiger partial charge on any atom is -0.476 e. The summed E-state index contributed by atoms with van der Waals surface area (Å²) < 4.78 is 5.90. The number of unbranched alkanes of at least 4 members (excludes halogenated alkanes) is 2. The van der Waals surface area contributed by atoms with Crippen LogP contribution in [0, 0.1) is 0 Å². The van der Waals surface area contributed by atoms with Crippen molar-refractivity contribution in [2.24, 2.45) is 5.73 Å². The van der Waals surface area contributed by atoms with Gasteiger partial charge in [0.05, 0.1) is 5.69 Å². The van der Waals surface area contributed by atoms with Crippen molar-refractivity contribution < 1.29 is 9.53 Å². The highest BCUT2D eigenvalue weighted by molar-refractivity contribution is 6.02. The minimum atomic E-state index is -0.812. The van der Waals surface area contributed by atoms with Crippen LogP contribution in [0.25, 0.3) is 0 Å². The molecule has 0 fully saturated rings. The van der Waals surface area contributed by atoms with Gasteiger partial charge in [-0.1, -0.05) is 32.8 Å². The average molecular weight is 304 g/mol. The van der Waals surface area contributed by atoms with Gasteiger partial charge in [0.15, 0.2) is 5.60 Å². The first-order valence-corrected chi connectivity index (χ1v) is 8.31. The van der Waals surface area contributed by atoms with Crippen LogP contribution in [0.15, 0.2) is 18.2 Å². The number of ether oxygens (including phenoxy) is 1. The third kappa shape index (κ3) is 3.27. The topological polar surface area (TPSA) is 55.6 Å². The molecule has 1 amide bonds. The van der Waals surface area contributed by atoms with Crippen molar-refractivity contribution in [1.29, 1.82) is 0 Å². The zero-order valence-electron chi connectivity index (χ0n) is 14.2. The number of anilines is 1. The second kappa shape index (κ2) is 6.69. The first-order valence-electron chi connectivity index (χ1n) is 8.31. The summed E-state index contributed by atoms with van der Waals surface area (Å²) in [6.07, 6.45) is 4.13. The fourth-order valence-corrected chi connectivity index (χ4v) is 2.79. The van der Waals surface area contributed by atoms with Crippen molar-refractivity contribution >= 4 is 11.6 Å². The molecule has 4 nitrogen and oxygen atoms in total. The first kappa shape index (κ1) is 16.8. The van der Waals surface area contributed by atoms with E-state index in [2.05, 4.69) is 13.8 Å². The molecule has 0 spiro atoms. The van der Waals surface area contributed by atoms with E-state index in [0.717, 1.165) is 49.2 Å². The third-order valence-electron chi connectivity index (χ3n) is 4.25. The Morgan fingerprint density at radius 2 is 2.00 bits per heavy atom. The van der Waals surface area contributed by atoms with Crippen molar-refractivity contribution in [3.63, 3.8) is 0 Å². The molecule has 2 N–H and O–H groups in total. The van der Waals surface area contributed by atoms with Crippen LogP contribution < -0.4 is 15.4 Å². The molecule has 0 aromatic heterocycles. The summed E-state index contributed by atoms with van der Waals surface area (Å²) in [4.78, 5) is 14.6. The van der Waals surface area contributed by atoms with E-state index in [-0.39, 0.29) is 11.9 Å². The van der Waals surface area contributed by atoms with Crippen LogP contribution in [0.1, 0.15) is 65.0 Å². The van der Waals surface area contributed by atoms with Crippen LogP contribution in [0.5, 0.6) is 5.75 Å². The Balaban J connectivity index is 2.37. The maximum Gasteiger partial charge on any atom is 0.270 e. The Bertz CT molecular complexity index is 540. The molecule has 0 bridgehead atoms. The third-order valence-corrected chi connectivity index (χ3v) is 4.25. The fourth-order valence-electron chi connectivity index (χ4n) is 2.79. The zero-order chi connectivity index (χ0) is 16.3. The molecule has 1 aliphatic heterocycles. The van der Waals surface area contributed by atoms with Gasteiger partial charge in [-0.2, -0.15) is 0 Å². The van der Waals surface area contributed by atoms with E-state index < -0.39 is 5.60 Å². The lowest BCUT2D eigenvalue weighted by atomic mass is 9.99. The lowest BCUT2D eigenvalue weighted by molar-refractivity contribution is -0.132. The highest BCUT2D eigenvalue weighted by atomic mass is 16.5. The van der Waals surface area contributed by atoms with Gasteiger partial charge >= 0.3 is 0 Å². The van der Waals surface area contributed by atoms with Gasteiger partial charge < -0.3 is 15.4 Å². The predicted octanol–water partition coefficient (Wildman–Crippen LogP) is 3.79. The van der Waals surface area contributed by atoms with E-state index in [1.54, 1.807) is 0 Å². The molecule has 1 aromatic rings. The molecule has 1 unspecified atom stereocenters. The van der Waals surface area contributed by atoms with Crippen molar-refractivity contribution in [1.82, 2.24) is 0 Å². The largest absolute Gasteiger partial charge is 0.476 e. The van der Waals surface area contributed by atoms with E-state index in [4.69, 9.17) is 10.5 Å². The number of nitrogens with zero attached hydrogens (tertiary/aromatic N) is 1. The summed E-state index contributed by atoms with van der Waals surface area (Å²) in [5.74, 6) is 0.798. The van der Waals surface area contributed by atoms with Gasteiger partial charge in [-0.15, -0.1) is 0 Å². The molecular weight excluding hydrogens is 276 g/mol. The molecular formula is C18H28N2O2. The van der Waals surface area contributed by atoms with Gasteiger partial charge in [-0.25, -0.2) is 0 Å². The number of carbonyl (C=O) groups is 1. The van der Waals surface area contributed by atoms with E-state index in [9.17, 15) is 4.79 Å². The van der Waals surface area contributed by atoms with Crippen LogP contribution in [-0.4, -0.2) is 18.1 Å². The Morgan fingerprint density at radius 3 is 2.64 bits per heavy atom. The molecule has 4 heteroatoms. The van der Waals surface area contributed by atoms with Crippen LogP contribution in [-0.2, 0) is 4.79 Å². The van der Waals surface area contributed by atoms with Crippen molar-refractivity contribution in [3.8, 4) is 5.75 Å². The first-order chi connectivity index (χ1) is 10.4. The Morgan fingerprint density at radius 1 is 1.27 bits per heavy atom. The molecule has 122 valence electrons. The van der Waals surface area contributed by atoms with Gasteiger partial charge in [0, 0.05) is 12.6 Å². The van der Waals surface area contributed by atoms with Crippen LogP contribution in [0.4, 0.5) is 5.69 Å². The Kier molecular flexibility index (Phi) is 5.12. The van der Waals surface area contributed by atoms with Crippen molar-refractivity contribution in [3.05, 3.63) is 23.8 Å². The van der Waals surface area contributed by atoms with Gasteiger partial charge in [0.25, 0.3) is 5.91 Å². The predicted molar refractivity (Wildman–Crippen MR) is 90.2 cm³/mol.